The van der Waals surface area contributed by atoms with Crippen LogP contribution >= 0.6 is 0 Å². The smallest absolute Gasteiger partial charge is 0.305 e. The van der Waals surface area contributed by atoms with Crippen LogP contribution in [-0.4, -0.2) is 46.0 Å². The van der Waals surface area contributed by atoms with E-state index in [1.807, 2.05) is 19.3 Å². The number of rotatable bonds is 6. The number of aromatic nitrogens is 2. The fraction of sp³-hybridized carbons (Fsp3) is 0.636. The Morgan fingerprint density at radius 1 is 1.71 bits per heavy atom. The van der Waals surface area contributed by atoms with Crippen molar-refractivity contribution in [2.75, 3.05) is 19.6 Å². The SMILES string of the molecule is Cn1ccc(CCNC2(CC(=O)O)CNC2)n1. The monoisotopic (exact) mass is 238 g/mol. The van der Waals surface area contributed by atoms with Gasteiger partial charge in [-0.1, -0.05) is 0 Å². The summed E-state index contributed by atoms with van der Waals surface area (Å²) in [6.07, 6.45) is 2.90. The molecular formula is C11H18N4O2. The van der Waals surface area contributed by atoms with E-state index in [0.717, 1.165) is 31.7 Å². The lowest BCUT2D eigenvalue weighted by Gasteiger charge is -2.42. The number of aryl methyl sites for hydroxylation is 1. The molecule has 2 heterocycles. The zero-order valence-electron chi connectivity index (χ0n) is 9.94. The quantitative estimate of drug-likeness (QED) is 0.615. The summed E-state index contributed by atoms with van der Waals surface area (Å²) in [7, 11) is 1.89. The second-order valence-electron chi connectivity index (χ2n) is 4.61. The highest BCUT2D eigenvalue weighted by Crippen LogP contribution is 2.15. The molecule has 1 aromatic rings. The van der Waals surface area contributed by atoms with E-state index in [1.165, 1.54) is 0 Å². The lowest BCUT2D eigenvalue weighted by molar-refractivity contribution is -0.139. The fourth-order valence-electron chi connectivity index (χ4n) is 2.08. The minimum Gasteiger partial charge on any atom is -0.481 e. The first kappa shape index (κ1) is 12.1. The fourth-order valence-corrected chi connectivity index (χ4v) is 2.08. The molecule has 94 valence electrons. The van der Waals surface area contributed by atoms with Gasteiger partial charge in [-0.25, -0.2) is 0 Å². The van der Waals surface area contributed by atoms with Crippen LogP contribution in [0.15, 0.2) is 12.3 Å². The summed E-state index contributed by atoms with van der Waals surface area (Å²) in [6, 6.07) is 1.98. The molecule has 0 atom stereocenters. The van der Waals surface area contributed by atoms with Crippen molar-refractivity contribution >= 4 is 5.97 Å². The van der Waals surface area contributed by atoms with Gasteiger partial charge < -0.3 is 15.7 Å². The van der Waals surface area contributed by atoms with Gasteiger partial charge >= 0.3 is 5.97 Å². The minimum absolute atomic E-state index is 0.169. The maximum Gasteiger partial charge on any atom is 0.305 e. The van der Waals surface area contributed by atoms with E-state index in [9.17, 15) is 4.79 Å². The van der Waals surface area contributed by atoms with Crippen LogP contribution in [0.5, 0.6) is 0 Å². The van der Waals surface area contributed by atoms with Crippen LogP contribution in [0, 0.1) is 0 Å². The molecular weight excluding hydrogens is 220 g/mol. The van der Waals surface area contributed by atoms with Gasteiger partial charge in [0.1, 0.15) is 0 Å². The summed E-state index contributed by atoms with van der Waals surface area (Å²) < 4.78 is 1.77. The molecule has 17 heavy (non-hydrogen) atoms. The van der Waals surface area contributed by atoms with E-state index in [-0.39, 0.29) is 12.0 Å². The van der Waals surface area contributed by atoms with E-state index >= 15 is 0 Å². The highest BCUT2D eigenvalue weighted by atomic mass is 16.4. The first-order chi connectivity index (χ1) is 8.10. The first-order valence-electron chi connectivity index (χ1n) is 5.76. The Kier molecular flexibility index (Phi) is 3.44. The van der Waals surface area contributed by atoms with E-state index < -0.39 is 5.97 Å². The summed E-state index contributed by atoms with van der Waals surface area (Å²) in [5, 5.41) is 19.6. The Morgan fingerprint density at radius 3 is 2.94 bits per heavy atom. The van der Waals surface area contributed by atoms with Crippen LogP contribution in [0.4, 0.5) is 0 Å². The summed E-state index contributed by atoms with van der Waals surface area (Å²) in [4.78, 5) is 10.8. The maximum atomic E-state index is 10.8. The Bertz CT molecular complexity index is 398. The second-order valence-corrected chi connectivity index (χ2v) is 4.61. The number of hydrogen-bond donors (Lipinski definition) is 3. The van der Waals surface area contributed by atoms with Crippen molar-refractivity contribution in [3.05, 3.63) is 18.0 Å². The van der Waals surface area contributed by atoms with Crippen LogP contribution in [0.25, 0.3) is 0 Å². The molecule has 0 saturated carbocycles. The summed E-state index contributed by atoms with van der Waals surface area (Å²) in [6.45, 7) is 2.20. The third kappa shape index (κ3) is 3.04. The first-order valence-corrected chi connectivity index (χ1v) is 5.76. The van der Waals surface area contributed by atoms with Crippen molar-refractivity contribution in [1.29, 1.82) is 0 Å². The zero-order chi connectivity index (χ0) is 12.3. The average Bonchev–Trinajstić information content (AvgIpc) is 2.60. The van der Waals surface area contributed by atoms with Gasteiger partial charge in [0.15, 0.2) is 0 Å². The average molecular weight is 238 g/mol. The summed E-state index contributed by atoms with van der Waals surface area (Å²) in [5.74, 6) is -0.753. The third-order valence-electron chi connectivity index (χ3n) is 3.07. The van der Waals surface area contributed by atoms with Crippen LogP contribution in [0.2, 0.25) is 0 Å². The van der Waals surface area contributed by atoms with Gasteiger partial charge in [0.2, 0.25) is 0 Å². The standard InChI is InChI=1S/C11H18N4O2/c1-15-5-3-9(14-15)2-4-13-11(6-10(16)17)7-12-8-11/h3,5,12-13H,2,4,6-8H2,1H3,(H,16,17). The van der Waals surface area contributed by atoms with Gasteiger partial charge in [0, 0.05) is 39.3 Å². The van der Waals surface area contributed by atoms with Crippen molar-refractivity contribution in [2.24, 2.45) is 7.05 Å². The molecule has 2 rings (SSSR count). The number of hydrogen-bond acceptors (Lipinski definition) is 4. The molecule has 0 aromatic carbocycles. The molecule has 0 unspecified atom stereocenters. The molecule has 0 amide bonds. The summed E-state index contributed by atoms with van der Waals surface area (Å²) >= 11 is 0. The number of aliphatic carboxylic acids is 1. The molecule has 1 saturated heterocycles. The third-order valence-corrected chi connectivity index (χ3v) is 3.07. The number of carbonyl (C=O) groups is 1. The largest absolute Gasteiger partial charge is 0.481 e. The maximum absolute atomic E-state index is 10.8. The van der Waals surface area contributed by atoms with Crippen molar-refractivity contribution < 1.29 is 9.90 Å². The highest BCUT2D eigenvalue weighted by Gasteiger charge is 2.38. The van der Waals surface area contributed by atoms with E-state index in [2.05, 4.69) is 15.7 Å². The summed E-state index contributed by atoms with van der Waals surface area (Å²) in [5.41, 5.74) is 0.762. The lowest BCUT2D eigenvalue weighted by Crippen LogP contribution is -2.68. The van der Waals surface area contributed by atoms with E-state index in [0.29, 0.717) is 0 Å². The Hall–Kier alpha value is -1.40. The van der Waals surface area contributed by atoms with Gasteiger partial charge in [-0.15, -0.1) is 0 Å². The van der Waals surface area contributed by atoms with Crippen molar-refractivity contribution in [2.45, 2.75) is 18.4 Å². The topological polar surface area (TPSA) is 79.2 Å². The van der Waals surface area contributed by atoms with Gasteiger partial charge in [0.25, 0.3) is 0 Å². The predicted molar refractivity (Wildman–Crippen MR) is 62.8 cm³/mol. The molecule has 1 aliphatic heterocycles. The number of carboxylic acids is 1. The molecule has 6 heteroatoms. The van der Waals surface area contributed by atoms with Gasteiger partial charge in [0.05, 0.1) is 17.7 Å². The van der Waals surface area contributed by atoms with Crippen LogP contribution in [0.1, 0.15) is 12.1 Å². The molecule has 0 aliphatic carbocycles. The molecule has 0 bridgehead atoms. The highest BCUT2D eigenvalue weighted by molar-refractivity contribution is 5.68. The zero-order valence-corrected chi connectivity index (χ0v) is 9.94. The lowest BCUT2D eigenvalue weighted by atomic mass is 9.88. The van der Waals surface area contributed by atoms with E-state index in [1.54, 1.807) is 4.68 Å². The molecule has 0 radical (unpaired) electrons. The Morgan fingerprint density at radius 2 is 2.47 bits per heavy atom. The molecule has 6 nitrogen and oxygen atoms in total. The minimum atomic E-state index is -0.753. The van der Waals surface area contributed by atoms with Crippen molar-refractivity contribution in [3.8, 4) is 0 Å². The molecule has 3 N–H and O–H groups in total. The van der Waals surface area contributed by atoms with E-state index in [4.69, 9.17) is 5.11 Å². The van der Waals surface area contributed by atoms with Gasteiger partial charge in [-0.05, 0) is 6.07 Å². The molecule has 1 aromatic heterocycles. The predicted octanol–water partition coefficient (Wildman–Crippen LogP) is -0.631. The number of nitrogens with one attached hydrogen (secondary N) is 2. The van der Waals surface area contributed by atoms with Crippen molar-refractivity contribution in [3.63, 3.8) is 0 Å². The molecule has 1 fully saturated rings. The number of nitrogens with zero attached hydrogens (tertiary/aromatic N) is 2. The number of carboxylic acid groups (broad SMARTS) is 1. The second kappa shape index (κ2) is 4.85. The van der Waals surface area contributed by atoms with Crippen LogP contribution < -0.4 is 10.6 Å². The molecule has 1 aliphatic rings. The normalized spacial score (nSPS) is 17.7. The van der Waals surface area contributed by atoms with Gasteiger partial charge in [-0.2, -0.15) is 5.10 Å². The van der Waals surface area contributed by atoms with Gasteiger partial charge in [-0.3, -0.25) is 9.48 Å². The Labute approximate surface area is 100 Å². The van der Waals surface area contributed by atoms with Crippen molar-refractivity contribution in [1.82, 2.24) is 20.4 Å². The van der Waals surface area contributed by atoms with Crippen LogP contribution in [-0.2, 0) is 18.3 Å². The Balaban J connectivity index is 1.78. The molecule has 0 spiro atoms. The van der Waals surface area contributed by atoms with Crippen LogP contribution in [0.3, 0.4) is 0 Å².